The maximum atomic E-state index is 12.5. The first-order chi connectivity index (χ1) is 12.9. The molecule has 0 saturated carbocycles. The number of hydrogen-bond acceptors (Lipinski definition) is 5. The summed E-state index contributed by atoms with van der Waals surface area (Å²) in [7, 11) is 0. The number of ether oxygens (including phenoxy) is 1. The van der Waals surface area contributed by atoms with Gasteiger partial charge in [0.05, 0.1) is 17.0 Å². The zero-order valence-corrected chi connectivity index (χ0v) is 14.7. The Morgan fingerprint density at radius 1 is 1.07 bits per heavy atom. The lowest BCUT2D eigenvalue weighted by Gasteiger charge is -2.09. The normalized spacial score (nSPS) is 11.2. The smallest absolute Gasteiger partial charge is 0.416 e. The second-order valence-corrected chi connectivity index (χ2v) is 6.36. The third kappa shape index (κ3) is 5.04. The van der Waals surface area contributed by atoms with Gasteiger partial charge in [-0.15, -0.1) is 21.5 Å². The number of nitrogens with one attached hydrogen (secondary N) is 1. The molecule has 1 amide bonds. The van der Waals surface area contributed by atoms with Crippen molar-refractivity contribution in [2.24, 2.45) is 0 Å². The summed E-state index contributed by atoms with van der Waals surface area (Å²) in [6, 6.07) is 11.3. The molecule has 3 aromatic rings. The van der Waals surface area contributed by atoms with E-state index in [1.807, 2.05) is 17.5 Å². The summed E-state index contributed by atoms with van der Waals surface area (Å²) >= 11 is 1.55. The summed E-state index contributed by atoms with van der Waals surface area (Å²) in [4.78, 5) is 12.9. The maximum Gasteiger partial charge on any atom is 0.416 e. The molecule has 27 heavy (non-hydrogen) atoms. The van der Waals surface area contributed by atoms with Crippen molar-refractivity contribution in [2.45, 2.75) is 6.18 Å². The zero-order valence-electron chi connectivity index (χ0n) is 13.9. The van der Waals surface area contributed by atoms with Crippen molar-refractivity contribution in [1.29, 1.82) is 0 Å². The van der Waals surface area contributed by atoms with E-state index in [4.69, 9.17) is 4.74 Å². The lowest BCUT2D eigenvalue weighted by molar-refractivity contribution is -0.137. The third-order valence-corrected chi connectivity index (χ3v) is 4.42. The van der Waals surface area contributed by atoms with Crippen molar-refractivity contribution in [2.75, 3.05) is 13.2 Å². The van der Waals surface area contributed by atoms with Gasteiger partial charge in [0.1, 0.15) is 12.3 Å². The Bertz CT molecular complexity index is 880. The van der Waals surface area contributed by atoms with Crippen LogP contribution in [-0.2, 0) is 6.18 Å². The zero-order chi connectivity index (χ0) is 19.3. The van der Waals surface area contributed by atoms with Crippen LogP contribution in [0, 0.1) is 0 Å². The number of rotatable bonds is 6. The van der Waals surface area contributed by atoms with Gasteiger partial charge in [-0.05, 0) is 41.8 Å². The Labute approximate surface area is 156 Å². The van der Waals surface area contributed by atoms with Crippen molar-refractivity contribution >= 4 is 17.2 Å². The van der Waals surface area contributed by atoms with Gasteiger partial charge in [-0.2, -0.15) is 13.2 Å². The predicted octanol–water partition coefficient (Wildman–Crippen LogP) is 4.03. The van der Waals surface area contributed by atoms with E-state index >= 15 is 0 Å². The molecule has 0 fully saturated rings. The summed E-state index contributed by atoms with van der Waals surface area (Å²) in [6.07, 6.45) is -4.43. The van der Waals surface area contributed by atoms with E-state index in [9.17, 15) is 18.0 Å². The number of alkyl halides is 3. The molecule has 0 bridgehead atoms. The fourth-order valence-electron chi connectivity index (χ4n) is 2.19. The number of aromatic nitrogens is 2. The summed E-state index contributed by atoms with van der Waals surface area (Å²) in [5, 5.41) is 12.5. The van der Waals surface area contributed by atoms with Crippen LogP contribution in [0.1, 0.15) is 15.9 Å². The van der Waals surface area contributed by atoms with Crippen molar-refractivity contribution < 1.29 is 22.7 Å². The molecule has 0 aliphatic heterocycles. The highest BCUT2D eigenvalue weighted by Crippen LogP contribution is 2.29. The van der Waals surface area contributed by atoms with Crippen molar-refractivity contribution in [1.82, 2.24) is 15.5 Å². The number of thiophene rings is 1. The summed E-state index contributed by atoms with van der Waals surface area (Å²) in [6.45, 7) is 0.327. The molecule has 0 atom stereocenters. The summed E-state index contributed by atoms with van der Waals surface area (Å²) in [5.74, 6) is -0.162. The van der Waals surface area contributed by atoms with E-state index in [-0.39, 0.29) is 18.7 Å². The van der Waals surface area contributed by atoms with Gasteiger partial charge in [0.2, 0.25) is 5.88 Å². The molecule has 9 heteroatoms. The summed E-state index contributed by atoms with van der Waals surface area (Å²) < 4.78 is 42.9. The van der Waals surface area contributed by atoms with Gasteiger partial charge in [0, 0.05) is 11.6 Å². The third-order valence-electron chi connectivity index (χ3n) is 3.53. The highest BCUT2D eigenvalue weighted by molar-refractivity contribution is 7.13. The molecule has 0 aliphatic rings. The Morgan fingerprint density at radius 2 is 1.85 bits per heavy atom. The number of benzene rings is 1. The largest absolute Gasteiger partial charge is 0.475 e. The van der Waals surface area contributed by atoms with Crippen LogP contribution in [0.15, 0.2) is 53.9 Å². The summed E-state index contributed by atoms with van der Waals surface area (Å²) in [5.41, 5.74) is 0.0861. The number of carbonyl (C=O) groups is 1. The first kappa shape index (κ1) is 18.8. The van der Waals surface area contributed by atoms with Crippen molar-refractivity contribution in [3.05, 3.63) is 65.0 Å². The number of hydrogen-bond donors (Lipinski definition) is 1. The number of amides is 1. The Morgan fingerprint density at radius 3 is 2.44 bits per heavy atom. The van der Waals surface area contributed by atoms with Gasteiger partial charge in [0.25, 0.3) is 5.91 Å². The lowest BCUT2D eigenvalue weighted by atomic mass is 10.1. The van der Waals surface area contributed by atoms with Crippen LogP contribution in [0.3, 0.4) is 0 Å². The average Bonchev–Trinajstić information content (AvgIpc) is 3.20. The van der Waals surface area contributed by atoms with Gasteiger partial charge >= 0.3 is 6.18 Å². The van der Waals surface area contributed by atoms with Crippen LogP contribution < -0.4 is 10.1 Å². The molecule has 0 unspecified atom stereocenters. The van der Waals surface area contributed by atoms with E-state index in [0.29, 0.717) is 5.88 Å². The Kier molecular flexibility index (Phi) is 5.70. The molecule has 2 aromatic heterocycles. The first-order valence-corrected chi connectivity index (χ1v) is 8.77. The highest BCUT2D eigenvalue weighted by atomic mass is 32.1. The molecule has 0 radical (unpaired) electrons. The van der Waals surface area contributed by atoms with Gasteiger partial charge in [-0.3, -0.25) is 4.79 Å². The molecule has 1 aromatic carbocycles. The minimum atomic E-state index is -4.43. The van der Waals surface area contributed by atoms with E-state index in [1.165, 1.54) is 0 Å². The fourth-order valence-corrected chi connectivity index (χ4v) is 2.88. The molecule has 1 N–H and O–H groups in total. The fraction of sp³-hybridized carbons (Fsp3) is 0.167. The molecule has 2 heterocycles. The quantitative estimate of drug-likeness (QED) is 0.642. The Hall–Kier alpha value is -2.94. The predicted molar refractivity (Wildman–Crippen MR) is 94.6 cm³/mol. The standard InChI is InChI=1S/C18H14F3N3O2S/c19-18(20,21)13-5-3-12(4-6-13)17(25)22-9-10-26-16-8-7-14(23-24-16)15-2-1-11-27-15/h1-8,11H,9-10H2,(H,22,25). The first-order valence-electron chi connectivity index (χ1n) is 7.89. The molecular formula is C18H14F3N3O2S. The van der Waals surface area contributed by atoms with Crippen LogP contribution in [0.4, 0.5) is 13.2 Å². The maximum absolute atomic E-state index is 12.5. The van der Waals surface area contributed by atoms with Gasteiger partial charge < -0.3 is 10.1 Å². The van der Waals surface area contributed by atoms with Gasteiger partial charge in [-0.25, -0.2) is 0 Å². The van der Waals surface area contributed by atoms with E-state index in [2.05, 4.69) is 15.5 Å². The molecule has 5 nitrogen and oxygen atoms in total. The van der Waals surface area contributed by atoms with Crippen molar-refractivity contribution in [3.63, 3.8) is 0 Å². The van der Waals surface area contributed by atoms with E-state index < -0.39 is 17.6 Å². The number of halogens is 3. The molecule has 0 saturated heterocycles. The van der Waals surface area contributed by atoms with E-state index in [0.717, 1.165) is 34.8 Å². The van der Waals surface area contributed by atoms with Gasteiger partial charge in [0.15, 0.2) is 0 Å². The van der Waals surface area contributed by atoms with Crippen LogP contribution in [0.5, 0.6) is 5.88 Å². The monoisotopic (exact) mass is 393 g/mol. The van der Waals surface area contributed by atoms with E-state index in [1.54, 1.807) is 23.5 Å². The number of nitrogens with zero attached hydrogens (tertiary/aromatic N) is 2. The molecular weight excluding hydrogens is 379 g/mol. The minimum absolute atomic E-state index is 0.142. The average molecular weight is 393 g/mol. The van der Waals surface area contributed by atoms with Crippen molar-refractivity contribution in [3.8, 4) is 16.5 Å². The lowest BCUT2D eigenvalue weighted by Crippen LogP contribution is -2.28. The van der Waals surface area contributed by atoms with Crippen LogP contribution in [0.2, 0.25) is 0 Å². The van der Waals surface area contributed by atoms with Crippen LogP contribution in [-0.4, -0.2) is 29.3 Å². The topological polar surface area (TPSA) is 64.1 Å². The Balaban J connectivity index is 1.45. The number of carbonyl (C=O) groups excluding carboxylic acids is 1. The molecule has 0 aliphatic carbocycles. The van der Waals surface area contributed by atoms with Crippen LogP contribution in [0.25, 0.3) is 10.6 Å². The highest BCUT2D eigenvalue weighted by Gasteiger charge is 2.30. The van der Waals surface area contributed by atoms with Crippen LogP contribution >= 0.6 is 11.3 Å². The SMILES string of the molecule is O=C(NCCOc1ccc(-c2cccs2)nn1)c1ccc(C(F)(F)F)cc1. The van der Waals surface area contributed by atoms with Gasteiger partial charge in [-0.1, -0.05) is 6.07 Å². The second-order valence-electron chi connectivity index (χ2n) is 5.41. The molecule has 3 rings (SSSR count). The minimum Gasteiger partial charge on any atom is -0.475 e. The second kappa shape index (κ2) is 8.17. The molecule has 140 valence electrons. The molecule has 0 spiro atoms.